The number of rotatable bonds is 7. The van der Waals surface area contributed by atoms with Crippen molar-refractivity contribution in [1.29, 1.82) is 0 Å². The van der Waals surface area contributed by atoms with Crippen molar-refractivity contribution in [2.24, 2.45) is 5.92 Å². The highest BCUT2D eigenvalue weighted by molar-refractivity contribution is 5.78. The van der Waals surface area contributed by atoms with Crippen LogP contribution in [0, 0.1) is 5.92 Å². The van der Waals surface area contributed by atoms with E-state index < -0.39 is 6.10 Å². The number of nitrogens with zero attached hydrogens (tertiary/aromatic N) is 1. The summed E-state index contributed by atoms with van der Waals surface area (Å²) in [6, 6.07) is 10.1. The molecule has 1 aromatic carbocycles. The fourth-order valence-electron chi connectivity index (χ4n) is 3.63. The Morgan fingerprint density at radius 2 is 2.00 bits per heavy atom. The largest absolute Gasteiger partial charge is 0.388 e. The summed E-state index contributed by atoms with van der Waals surface area (Å²) in [7, 11) is 0. The van der Waals surface area contributed by atoms with Gasteiger partial charge in [-0.15, -0.1) is 0 Å². The Bertz CT molecular complexity index is 501. The molecule has 2 unspecified atom stereocenters. The van der Waals surface area contributed by atoms with Gasteiger partial charge in [0, 0.05) is 12.6 Å². The molecule has 0 bridgehead atoms. The molecule has 1 saturated carbocycles. The predicted octanol–water partition coefficient (Wildman–Crippen LogP) is 2.49. The van der Waals surface area contributed by atoms with Gasteiger partial charge in [0.25, 0.3) is 0 Å². The van der Waals surface area contributed by atoms with E-state index >= 15 is 0 Å². The molecule has 2 N–H and O–H groups in total. The molecule has 2 aliphatic rings. The first-order chi connectivity index (χ1) is 11.2. The lowest BCUT2D eigenvalue weighted by Gasteiger charge is -2.28. The van der Waals surface area contributed by atoms with E-state index in [-0.39, 0.29) is 5.91 Å². The maximum Gasteiger partial charge on any atom is 0.234 e. The van der Waals surface area contributed by atoms with Crippen molar-refractivity contribution in [3.63, 3.8) is 0 Å². The Labute approximate surface area is 138 Å². The number of aliphatic hydroxyl groups excluding tert-OH is 1. The van der Waals surface area contributed by atoms with Gasteiger partial charge in [-0.25, -0.2) is 0 Å². The maximum absolute atomic E-state index is 12.1. The molecular weight excluding hydrogens is 288 g/mol. The third kappa shape index (κ3) is 4.55. The molecule has 1 aliphatic carbocycles. The highest BCUT2D eigenvalue weighted by Crippen LogP contribution is 2.27. The Morgan fingerprint density at radius 1 is 1.22 bits per heavy atom. The van der Waals surface area contributed by atoms with Crippen molar-refractivity contribution in [3.05, 3.63) is 35.9 Å². The first-order valence-electron chi connectivity index (χ1n) is 8.96. The Balaban J connectivity index is 1.46. The van der Waals surface area contributed by atoms with E-state index in [1.807, 2.05) is 30.3 Å². The zero-order chi connectivity index (χ0) is 16.1. The highest BCUT2D eigenvalue weighted by atomic mass is 16.3. The van der Waals surface area contributed by atoms with Gasteiger partial charge in [0.05, 0.1) is 12.6 Å². The van der Waals surface area contributed by atoms with Gasteiger partial charge in [-0.05, 0) is 50.1 Å². The standard InChI is InChI=1S/C19H28N2O2/c22-18(16-8-2-1-3-9-16)12-17-10-5-11-21(17)14-19(23)20-13-15-6-4-7-15/h1-3,8-9,15,17-18,22H,4-7,10-14H2,(H,20,23). The zero-order valence-electron chi connectivity index (χ0n) is 13.8. The summed E-state index contributed by atoms with van der Waals surface area (Å²) in [5.41, 5.74) is 0.966. The minimum Gasteiger partial charge on any atom is -0.388 e. The lowest BCUT2D eigenvalue weighted by atomic mass is 9.85. The van der Waals surface area contributed by atoms with Gasteiger partial charge in [0.15, 0.2) is 0 Å². The van der Waals surface area contributed by atoms with Crippen LogP contribution in [-0.4, -0.2) is 41.6 Å². The molecular formula is C19H28N2O2. The third-order valence-corrected chi connectivity index (χ3v) is 5.34. The monoisotopic (exact) mass is 316 g/mol. The van der Waals surface area contributed by atoms with E-state index in [9.17, 15) is 9.90 Å². The number of likely N-dealkylation sites (tertiary alicyclic amines) is 1. The SMILES string of the molecule is O=C(CN1CCCC1CC(O)c1ccccc1)NCC1CCC1. The molecule has 0 spiro atoms. The van der Waals surface area contributed by atoms with Crippen LogP contribution in [0.15, 0.2) is 30.3 Å². The summed E-state index contributed by atoms with van der Waals surface area (Å²) in [6.07, 6.45) is 6.28. The Morgan fingerprint density at radius 3 is 2.70 bits per heavy atom. The van der Waals surface area contributed by atoms with Crippen LogP contribution in [0.3, 0.4) is 0 Å². The molecule has 4 heteroatoms. The highest BCUT2D eigenvalue weighted by Gasteiger charge is 2.28. The lowest BCUT2D eigenvalue weighted by molar-refractivity contribution is -0.122. The van der Waals surface area contributed by atoms with Gasteiger partial charge in [0.1, 0.15) is 0 Å². The van der Waals surface area contributed by atoms with E-state index in [0.29, 0.717) is 24.9 Å². The van der Waals surface area contributed by atoms with E-state index in [0.717, 1.165) is 31.5 Å². The zero-order valence-corrected chi connectivity index (χ0v) is 13.8. The number of amides is 1. The lowest BCUT2D eigenvalue weighted by Crippen LogP contribution is -2.42. The van der Waals surface area contributed by atoms with Crippen molar-refractivity contribution >= 4 is 5.91 Å². The van der Waals surface area contributed by atoms with E-state index in [4.69, 9.17) is 0 Å². The second-order valence-electron chi connectivity index (χ2n) is 7.03. The Kier molecular flexibility index (Phi) is 5.68. The number of carbonyl (C=O) groups excluding carboxylic acids is 1. The average Bonchev–Trinajstić information content (AvgIpc) is 2.93. The quantitative estimate of drug-likeness (QED) is 0.812. The maximum atomic E-state index is 12.1. The van der Waals surface area contributed by atoms with Crippen molar-refractivity contribution in [3.8, 4) is 0 Å². The number of hydrogen-bond donors (Lipinski definition) is 2. The van der Waals surface area contributed by atoms with E-state index in [1.54, 1.807) is 0 Å². The first kappa shape index (κ1) is 16.5. The second kappa shape index (κ2) is 7.93. The molecule has 126 valence electrons. The first-order valence-corrected chi connectivity index (χ1v) is 8.96. The van der Waals surface area contributed by atoms with Crippen molar-refractivity contribution in [2.45, 2.75) is 50.7 Å². The molecule has 2 atom stereocenters. The van der Waals surface area contributed by atoms with Crippen molar-refractivity contribution < 1.29 is 9.90 Å². The molecule has 1 saturated heterocycles. The molecule has 0 radical (unpaired) electrons. The van der Waals surface area contributed by atoms with E-state index in [2.05, 4.69) is 10.2 Å². The molecule has 3 rings (SSSR count). The number of aliphatic hydroxyl groups is 1. The van der Waals surface area contributed by atoms with Gasteiger partial charge in [-0.2, -0.15) is 0 Å². The van der Waals surface area contributed by atoms with Crippen LogP contribution in [0.2, 0.25) is 0 Å². The molecule has 0 aromatic heterocycles. The van der Waals surface area contributed by atoms with Crippen LogP contribution in [0.4, 0.5) is 0 Å². The van der Waals surface area contributed by atoms with Crippen LogP contribution in [0.1, 0.15) is 50.2 Å². The number of benzene rings is 1. The smallest absolute Gasteiger partial charge is 0.234 e. The van der Waals surface area contributed by atoms with Crippen LogP contribution in [-0.2, 0) is 4.79 Å². The third-order valence-electron chi connectivity index (χ3n) is 5.34. The number of nitrogens with one attached hydrogen (secondary N) is 1. The van der Waals surface area contributed by atoms with E-state index in [1.165, 1.54) is 19.3 Å². The normalized spacial score (nSPS) is 23.4. The van der Waals surface area contributed by atoms with Crippen LogP contribution in [0.5, 0.6) is 0 Å². The van der Waals surface area contributed by atoms with Gasteiger partial charge in [0.2, 0.25) is 5.91 Å². The molecule has 1 aliphatic heterocycles. The van der Waals surface area contributed by atoms with Crippen LogP contribution < -0.4 is 5.32 Å². The molecule has 23 heavy (non-hydrogen) atoms. The summed E-state index contributed by atoms with van der Waals surface area (Å²) in [6.45, 7) is 2.27. The predicted molar refractivity (Wildman–Crippen MR) is 91.0 cm³/mol. The van der Waals surface area contributed by atoms with Crippen LogP contribution >= 0.6 is 0 Å². The Hall–Kier alpha value is -1.39. The average molecular weight is 316 g/mol. The number of hydrogen-bond acceptors (Lipinski definition) is 3. The van der Waals surface area contributed by atoms with Gasteiger partial charge in [-0.3, -0.25) is 9.69 Å². The molecule has 1 heterocycles. The summed E-state index contributed by atoms with van der Waals surface area (Å²) in [5.74, 6) is 0.839. The number of carbonyl (C=O) groups is 1. The van der Waals surface area contributed by atoms with Gasteiger partial charge >= 0.3 is 0 Å². The molecule has 4 nitrogen and oxygen atoms in total. The minimum absolute atomic E-state index is 0.137. The molecule has 2 fully saturated rings. The minimum atomic E-state index is -0.445. The summed E-state index contributed by atoms with van der Waals surface area (Å²) >= 11 is 0. The van der Waals surface area contributed by atoms with Gasteiger partial charge in [-0.1, -0.05) is 36.8 Å². The molecule has 1 amide bonds. The summed E-state index contributed by atoms with van der Waals surface area (Å²) in [5, 5.41) is 13.5. The van der Waals surface area contributed by atoms with Gasteiger partial charge < -0.3 is 10.4 Å². The summed E-state index contributed by atoms with van der Waals surface area (Å²) < 4.78 is 0. The van der Waals surface area contributed by atoms with Crippen LogP contribution in [0.25, 0.3) is 0 Å². The van der Waals surface area contributed by atoms with Crippen molar-refractivity contribution in [1.82, 2.24) is 10.2 Å². The summed E-state index contributed by atoms with van der Waals surface area (Å²) in [4.78, 5) is 14.4. The fourth-order valence-corrected chi connectivity index (χ4v) is 3.63. The van der Waals surface area contributed by atoms with Crippen molar-refractivity contribution in [2.75, 3.05) is 19.6 Å². The molecule has 1 aromatic rings. The fraction of sp³-hybridized carbons (Fsp3) is 0.632. The topological polar surface area (TPSA) is 52.6 Å². The second-order valence-corrected chi connectivity index (χ2v) is 7.03.